The molecule has 0 spiro atoms. The van der Waals surface area contributed by atoms with Gasteiger partial charge in [0.1, 0.15) is 6.29 Å². The fraction of sp³-hybridized carbons (Fsp3) is 0.581. The Hall–Kier alpha value is -2.09. The first-order chi connectivity index (χ1) is 16.1. The first-order valence-electron chi connectivity index (χ1n) is 13.4. The molecule has 1 unspecified atom stereocenters. The van der Waals surface area contributed by atoms with Gasteiger partial charge in [-0.3, -0.25) is 0 Å². The van der Waals surface area contributed by atoms with Gasteiger partial charge in [0.2, 0.25) is 0 Å². The predicted octanol–water partition coefficient (Wildman–Crippen LogP) is 8.97. The van der Waals surface area contributed by atoms with Crippen LogP contribution in [0.1, 0.15) is 115 Å². The first-order valence-corrected chi connectivity index (χ1v) is 13.4. The van der Waals surface area contributed by atoms with E-state index >= 15 is 0 Å². The van der Waals surface area contributed by atoms with E-state index in [0.717, 1.165) is 38.4 Å². The van der Waals surface area contributed by atoms with Crippen LogP contribution in [0.15, 0.2) is 54.8 Å². The van der Waals surface area contributed by atoms with Gasteiger partial charge in [-0.2, -0.15) is 0 Å². The molecule has 0 saturated carbocycles. The van der Waals surface area contributed by atoms with Crippen molar-refractivity contribution in [3.63, 3.8) is 0 Å². The lowest BCUT2D eigenvalue weighted by Gasteiger charge is -2.16. The van der Waals surface area contributed by atoms with Gasteiger partial charge in [0.15, 0.2) is 0 Å². The minimum absolute atomic E-state index is 0.0832. The van der Waals surface area contributed by atoms with Crippen molar-refractivity contribution < 1.29 is 4.79 Å². The van der Waals surface area contributed by atoms with Crippen molar-refractivity contribution in [2.45, 2.75) is 117 Å². The molecule has 0 amide bonds. The molecule has 2 heteroatoms. The molecule has 0 aliphatic carbocycles. The monoisotopic (exact) mass is 451 g/mol. The van der Waals surface area contributed by atoms with Crippen molar-refractivity contribution in [3.8, 4) is 0 Å². The van der Waals surface area contributed by atoms with Crippen molar-refractivity contribution in [1.29, 1.82) is 0 Å². The molecule has 0 fully saturated rings. The van der Waals surface area contributed by atoms with Crippen LogP contribution in [0.5, 0.6) is 0 Å². The zero-order valence-electron chi connectivity index (χ0n) is 21.7. The van der Waals surface area contributed by atoms with E-state index in [0.29, 0.717) is 0 Å². The number of unbranched alkanes of at least 4 members (excludes halogenated alkanes) is 7. The standard InChI is InChI=1S/C31H49NO/c1-5-8-23-31(26-33)32-30(19-7-3)24-16-14-12-10-9-11-13-15-20-28-21-17-22-29(25-28)27(4)18-6-2/h5,17-19,21-22,25-26,31-32H,1,6-16,20,23-24H2,2-4H3/b27-18-,30-19-. The van der Waals surface area contributed by atoms with Crippen molar-refractivity contribution in [3.05, 3.63) is 65.9 Å². The third-order valence-electron chi connectivity index (χ3n) is 6.22. The second-order valence-corrected chi connectivity index (χ2v) is 9.21. The van der Waals surface area contributed by atoms with Crippen LogP contribution in [-0.2, 0) is 11.2 Å². The Balaban J connectivity index is 2.14. The largest absolute Gasteiger partial charge is 0.379 e. The lowest BCUT2D eigenvalue weighted by atomic mass is 9.99. The van der Waals surface area contributed by atoms with Gasteiger partial charge < -0.3 is 10.1 Å². The summed E-state index contributed by atoms with van der Waals surface area (Å²) in [6.45, 7) is 10.3. The van der Waals surface area contributed by atoms with E-state index in [9.17, 15) is 4.79 Å². The number of allylic oxidation sites excluding steroid dienone is 5. The molecule has 0 radical (unpaired) electrons. The van der Waals surface area contributed by atoms with Gasteiger partial charge >= 0.3 is 0 Å². The second kappa shape index (κ2) is 19.4. The molecule has 0 bridgehead atoms. The molecular formula is C31H49NO. The highest BCUT2D eigenvalue weighted by Gasteiger charge is 2.07. The summed E-state index contributed by atoms with van der Waals surface area (Å²) in [6, 6.07) is 8.99. The van der Waals surface area contributed by atoms with Gasteiger partial charge in [-0.15, -0.1) is 6.58 Å². The van der Waals surface area contributed by atoms with Crippen LogP contribution in [0.2, 0.25) is 0 Å². The summed E-state index contributed by atoms with van der Waals surface area (Å²) in [5.74, 6) is 0. The van der Waals surface area contributed by atoms with Crippen LogP contribution in [-0.4, -0.2) is 12.3 Å². The van der Waals surface area contributed by atoms with Gasteiger partial charge in [-0.1, -0.05) is 94.9 Å². The van der Waals surface area contributed by atoms with E-state index in [2.05, 4.69) is 69.1 Å². The molecule has 1 N–H and O–H groups in total. The number of hydrogen-bond acceptors (Lipinski definition) is 2. The van der Waals surface area contributed by atoms with Crippen molar-refractivity contribution in [2.75, 3.05) is 0 Å². The maximum Gasteiger partial charge on any atom is 0.142 e. The van der Waals surface area contributed by atoms with Crippen LogP contribution in [0.3, 0.4) is 0 Å². The molecule has 0 aliphatic rings. The minimum Gasteiger partial charge on any atom is -0.379 e. The smallest absolute Gasteiger partial charge is 0.142 e. The van der Waals surface area contributed by atoms with Crippen molar-refractivity contribution in [2.24, 2.45) is 0 Å². The molecule has 2 nitrogen and oxygen atoms in total. The minimum atomic E-state index is -0.0832. The topological polar surface area (TPSA) is 29.1 Å². The Kier molecular flexibility index (Phi) is 17.0. The SMILES string of the molecule is C=CCCC(C=O)N/C(=C\CC)CCCCCCCCCCc1cccc(/C(C)=C\CC)c1. The predicted molar refractivity (Wildman–Crippen MR) is 146 cm³/mol. The van der Waals surface area contributed by atoms with E-state index in [4.69, 9.17) is 0 Å². The van der Waals surface area contributed by atoms with E-state index in [1.807, 2.05) is 6.08 Å². The maximum atomic E-state index is 11.3. The zero-order chi connectivity index (χ0) is 24.2. The molecule has 184 valence electrons. The normalized spacial score (nSPS) is 13.1. The quantitative estimate of drug-likeness (QED) is 0.122. The van der Waals surface area contributed by atoms with Gasteiger partial charge in [0, 0.05) is 5.70 Å². The molecule has 0 aliphatic heterocycles. The second-order valence-electron chi connectivity index (χ2n) is 9.21. The molecule has 33 heavy (non-hydrogen) atoms. The van der Waals surface area contributed by atoms with E-state index in [-0.39, 0.29) is 6.04 Å². The summed E-state index contributed by atoms with van der Waals surface area (Å²) in [5, 5.41) is 3.44. The Labute approximate surface area is 204 Å². The number of carbonyl (C=O) groups excluding carboxylic acids is 1. The van der Waals surface area contributed by atoms with Crippen LogP contribution < -0.4 is 5.32 Å². The van der Waals surface area contributed by atoms with Gasteiger partial charge in [-0.05, 0) is 75.0 Å². The summed E-state index contributed by atoms with van der Waals surface area (Å²) in [6.07, 6.45) is 24.0. The lowest BCUT2D eigenvalue weighted by Crippen LogP contribution is -2.29. The number of aldehydes is 1. The highest BCUT2D eigenvalue weighted by atomic mass is 16.1. The number of hydrogen-bond donors (Lipinski definition) is 1. The average molecular weight is 452 g/mol. The number of benzene rings is 1. The third kappa shape index (κ3) is 13.9. The van der Waals surface area contributed by atoms with Crippen molar-refractivity contribution >= 4 is 11.9 Å². The van der Waals surface area contributed by atoms with Crippen LogP contribution in [0.4, 0.5) is 0 Å². The molecule has 0 saturated heterocycles. The molecule has 0 heterocycles. The third-order valence-corrected chi connectivity index (χ3v) is 6.22. The number of nitrogens with one attached hydrogen (secondary N) is 1. The van der Waals surface area contributed by atoms with Gasteiger partial charge in [0.25, 0.3) is 0 Å². The van der Waals surface area contributed by atoms with E-state index < -0.39 is 0 Å². The highest BCUT2D eigenvalue weighted by Crippen LogP contribution is 2.18. The summed E-state index contributed by atoms with van der Waals surface area (Å²) in [5.41, 5.74) is 5.48. The van der Waals surface area contributed by atoms with Gasteiger partial charge in [0.05, 0.1) is 6.04 Å². The fourth-order valence-corrected chi connectivity index (χ4v) is 4.29. The maximum absolute atomic E-state index is 11.3. The average Bonchev–Trinajstić information content (AvgIpc) is 2.83. The lowest BCUT2D eigenvalue weighted by molar-refractivity contribution is -0.109. The van der Waals surface area contributed by atoms with E-state index in [1.54, 1.807) is 0 Å². The Morgan fingerprint density at radius 2 is 1.64 bits per heavy atom. The summed E-state index contributed by atoms with van der Waals surface area (Å²) in [4.78, 5) is 11.3. The molecule has 1 atom stereocenters. The molecule has 1 rings (SSSR count). The number of aryl methyl sites for hydroxylation is 1. The van der Waals surface area contributed by atoms with Gasteiger partial charge in [-0.25, -0.2) is 0 Å². The zero-order valence-corrected chi connectivity index (χ0v) is 21.7. The number of carbonyl (C=O) groups is 1. The van der Waals surface area contributed by atoms with Crippen LogP contribution >= 0.6 is 0 Å². The molecule has 1 aromatic carbocycles. The highest BCUT2D eigenvalue weighted by molar-refractivity contribution is 5.64. The first kappa shape index (κ1) is 28.9. The van der Waals surface area contributed by atoms with Crippen molar-refractivity contribution in [1.82, 2.24) is 5.32 Å². The van der Waals surface area contributed by atoms with Crippen LogP contribution in [0.25, 0.3) is 5.57 Å². The summed E-state index contributed by atoms with van der Waals surface area (Å²) >= 11 is 0. The summed E-state index contributed by atoms with van der Waals surface area (Å²) < 4.78 is 0. The Bertz CT molecular complexity index is 715. The van der Waals surface area contributed by atoms with E-state index in [1.165, 1.54) is 80.2 Å². The summed E-state index contributed by atoms with van der Waals surface area (Å²) in [7, 11) is 0. The molecule has 1 aromatic rings. The fourth-order valence-electron chi connectivity index (χ4n) is 4.29. The molecular weight excluding hydrogens is 402 g/mol. The molecule has 0 aromatic heterocycles. The number of rotatable bonds is 20. The van der Waals surface area contributed by atoms with Crippen LogP contribution in [0, 0.1) is 0 Å². The Morgan fingerprint density at radius 3 is 2.27 bits per heavy atom. The Morgan fingerprint density at radius 1 is 0.970 bits per heavy atom.